The number of aliphatic carboxylic acids is 1. The number of amides is 1. The predicted molar refractivity (Wildman–Crippen MR) is 61.0 cm³/mol. The summed E-state index contributed by atoms with van der Waals surface area (Å²) in [7, 11) is 0. The molecule has 1 unspecified atom stereocenters. The third-order valence-corrected chi connectivity index (χ3v) is 3.36. The Balaban J connectivity index is 2.47. The van der Waals surface area contributed by atoms with Crippen LogP contribution in [0.3, 0.4) is 0 Å². The summed E-state index contributed by atoms with van der Waals surface area (Å²) >= 11 is 0. The van der Waals surface area contributed by atoms with Crippen LogP contribution in [0.2, 0.25) is 0 Å². The number of carbonyl (C=O) groups excluding carboxylic acids is 1. The van der Waals surface area contributed by atoms with Crippen molar-refractivity contribution >= 4 is 11.9 Å². The van der Waals surface area contributed by atoms with Crippen molar-refractivity contribution in [2.45, 2.75) is 58.4 Å². The van der Waals surface area contributed by atoms with Crippen molar-refractivity contribution in [3.8, 4) is 0 Å². The molecule has 0 spiro atoms. The second-order valence-electron chi connectivity index (χ2n) is 5.09. The molecule has 1 aliphatic rings. The fourth-order valence-electron chi connectivity index (χ4n) is 2.27. The lowest BCUT2D eigenvalue weighted by Gasteiger charge is -2.33. The van der Waals surface area contributed by atoms with Gasteiger partial charge in [0.15, 0.2) is 0 Å². The molecule has 0 saturated heterocycles. The van der Waals surface area contributed by atoms with E-state index in [1.54, 1.807) is 6.92 Å². The molecule has 0 aromatic rings. The maximum absolute atomic E-state index is 12.0. The quantitative estimate of drug-likeness (QED) is 0.771. The van der Waals surface area contributed by atoms with E-state index < -0.39 is 5.97 Å². The van der Waals surface area contributed by atoms with Crippen molar-refractivity contribution < 1.29 is 14.7 Å². The number of rotatable bonds is 4. The summed E-state index contributed by atoms with van der Waals surface area (Å²) in [4.78, 5) is 22.5. The highest BCUT2D eigenvalue weighted by atomic mass is 16.4. The SMILES string of the molecule is CC(CC(=O)O)NC(=O)C1(C)CCCCC1. The average molecular weight is 227 g/mol. The first-order valence-corrected chi connectivity index (χ1v) is 5.97. The first-order chi connectivity index (χ1) is 7.44. The van der Waals surface area contributed by atoms with E-state index in [4.69, 9.17) is 5.11 Å². The monoisotopic (exact) mass is 227 g/mol. The molecular weight excluding hydrogens is 206 g/mol. The summed E-state index contributed by atoms with van der Waals surface area (Å²) in [5.74, 6) is -0.859. The van der Waals surface area contributed by atoms with E-state index in [1.165, 1.54) is 6.42 Å². The van der Waals surface area contributed by atoms with E-state index in [2.05, 4.69) is 5.32 Å². The van der Waals surface area contributed by atoms with Crippen LogP contribution >= 0.6 is 0 Å². The number of carboxylic acid groups (broad SMARTS) is 1. The smallest absolute Gasteiger partial charge is 0.305 e. The zero-order valence-corrected chi connectivity index (χ0v) is 10.1. The first-order valence-electron chi connectivity index (χ1n) is 5.97. The van der Waals surface area contributed by atoms with E-state index in [-0.39, 0.29) is 23.8 Å². The van der Waals surface area contributed by atoms with Crippen molar-refractivity contribution in [3.05, 3.63) is 0 Å². The van der Waals surface area contributed by atoms with Gasteiger partial charge in [0.1, 0.15) is 0 Å². The molecule has 0 aromatic carbocycles. The summed E-state index contributed by atoms with van der Waals surface area (Å²) in [6.45, 7) is 3.72. The average Bonchev–Trinajstić information content (AvgIpc) is 2.17. The largest absolute Gasteiger partial charge is 0.481 e. The van der Waals surface area contributed by atoms with Crippen LogP contribution < -0.4 is 5.32 Å². The molecule has 1 aliphatic carbocycles. The molecule has 0 bridgehead atoms. The molecule has 1 rings (SSSR count). The van der Waals surface area contributed by atoms with Gasteiger partial charge in [-0.15, -0.1) is 0 Å². The Hall–Kier alpha value is -1.06. The molecule has 1 saturated carbocycles. The summed E-state index contributed by atoms with van der Waals surface area (Å²) in [5.41, 5.74) is -0.287. The van der Waals surface area contributed by atoms with E-state index in [0.717, 1.165) is 25.7 Å². The van der Waals surface area contributed by atoms with Gasteiger partial charge in [-0.05, 0) is 19.8 Å². The van der Waals surface area contributed by atoms with Gasteiger partial charge in [0.05, 0.1) is 6.42 Å². The fraction of sp³-hybridized carbons (Fsp3) is 0.833. The van der Waals surface area contributed by atoms with Crippen molar-refractivity contribution in [1.82, 2.24) is 5.32 Å². The summed E-state index contributed by atoms with van der Waals surface area (Å²) in [6, 6.07) is -0.288. The third-order valence-electron chi connectivity index (χ3n) is 3.36. The van der Waals surface area contributed by atoms with Crippen LogP contribution in [0.5, 0.6) is 0 Å². The lowest BCUT2D eigenvalue weighted by Crippen LogP contribution is -2.44. The van der Waals surface area contributed by atoms with Crippen molar-refractivity contribution in [2.24, 2.45) is 5.41 Å². The van der Waals surface area contributed by atoms with Crippen molar-refractivity contribution in [1.29, 1.82) is 0 Å². The van der Waals surface area contributed by atoms with E-state index in [1.807, 2.05) is 6.92 Å². The maximum atomic E-state index is 12.0. The highest BCUT2D eigenvalue weighted by Gasteiger charge is 2.34. The topological polar surface area (TPSA) is 66.4 Å². The number of carbonyl (C=O) groups is 2. The van der Waals surface area contributed by atoms with Gasteiger partial charge < -0.3 is 10.4 Å². The van der Waals surface area contributed by atoms with Crippen LogP contribution in [0, 0.1) is 5.41 Å². The normalized spacial score (nSPS) is 21.1. The Kier molecular flexibility index (Phi) is 4.33. The lowest BCUT2D eigenvalue weighted by atomic mass is 9.75. The van der Waals surface area contributed by atoms with Crippen molar-refractivity contribution in [3.63, 3.8) is 0 Å². The highest BCUT2D eigenvalue weighted by Crippen LogP contribution is 2.35. The van der Waals surface area contributed by atoms with Gasteiger partial charge in [0.25, 0.3) is 0 Å². The zero-order chi connectivity index (χ0) is 12.2. The fourth-order valence-corrected chi connectivity index (χ4v) is 2.27. The van der Waals surface area contributed by atoms with Gasteiger partial charge in [-0.3, -0.25) is 9.59 Å². The minimum atomic E-state index is -0.874. The molecule has 4 heteroatoms. The molecule has 16 heavy (non-hydrogen) atoms. The molecule has 2 N–H and O–H groups in total. The number of hydrogen-bond donors (Lipinski definition) is 2. The molecule has 0 heterocycles. The van der Waals surface area contributed by atoms with E-state index in [0.29, 0.717) is 0 Å². The minimum absolute atomic E-state index is 0.0121. The Morgan fingerprint density at radius 3 is 2.38 bits per heavy atom. The van der Waals surface area contributed by atoms with E-state index >= 15 is 0 Å². The van der Waals surface area contributed by atoms with Crippen LogP contribution in [0.1, 0.15) is 52.4 Å². The summed E-state index contributed by atoms with van der Waals surface area (Å²) < 4.78 is 0. The van der Waals surface area contributed by atoms with Gasteiger partial charge in [0.2, 0.25) is 5.91 Å². The standard InChI is InChI=1S/C12H21NO3/c1-9(8-10(14)15)13-11(16)12(2)6-4-3-5-7-12/h9H,3-8H2,1-2H3,(H,13,16)(H,14,15). The van der Waals surface area contributed by atoms with Gasteiger partial charge >= 0.3 is 5.97 Å². The van der Waals surface area contributed by atoms with Gasteiger partial charge in [-0.2, -0.15) is 0 Å². The molecule has 92 valence electrons. The zero-order valence-electron chi connectivity index (χ0n) is 10.1. The number of nitrogens with one attached hydrogen (secondary N) is 1. The molecule has 0 radical (unpaired) electrons. The van der Waals surface area contributed by atoms with Gasteiger partial charge in [0, 0.05) is 11.5 Å². The van der Waals surface area contributed by atoms with Crippen LogP contribution in [0.15, 0.2) is 0 Å². The first kappa shape index (κ1) is 13.0. The Morgan fingerprint density at radius 1 is 1.31 bits per heavy atom. The van der Waals surface area contributed by atoms with Crippen LogP contribution in [-0.2, 0) is 9.59 Å². The molecule has 1 atom stereocenters. The molecular formula is C12H21NO3. The van der Waals surface area contributed by atoms with Crippen molar-refractivity contribution in [2.75, 3.05) is 0 Å². The van der Waals surface area contributed by atoms with Crippen LogP contribution in [0.4, 0.5) is 0 Å². The minimum Gasteiger partial charge on any atom is -0.481 e. The molecule has 1 fully saturated rings. The van der Waals surface area contributed by atoms with Gasteiger partial charge in [-0.25, -0.2) is 0 Å². The van der Waals surface area contributed by atoms with E-state index in [9.17, 15) is 9.59 Å². The van der Waals surface area contributed by atoms with Crippen LogP contribution in [-0.4, -0.2) is 23.0 Å². The molecule has 0 aliphatic heterocycles. The summed E-state index contributed by atoms with van der Waals surface area (Å²) in [5, 5.41) is 11.4. The van der Waals surface area contributed by atoms with Crippen LogP contribution in [0.25, 0.3) is 0 Å². The third kappa shape index (κ3) is 3.51. The molecule has 4 nitrogen and oxygen atoms in total. The number of carboxylic acids is 1. The maximum Gasteiger partial charge on any atom is 0.305 e. The Labute approximate surface area is 96.4 Å². The predicted octanol–water partition coefficient (Wildman–Crippen LogP) is 1.94. The highest BCUT2D eigenvalue weighted by molar-refractivity contribution is 5.83. The molecule has 0 aromatic heterocycles. The Morgan fingerprint density at radius 2 is 1.88 bits per heavy atom. The second-order valence-corrected chi connectivity index (χ2v) is 5.09. The second kappa shape index (κ2) is 5.32. The Bertz CT molecular complexity index is 269. The summed E-state index contributed by atoms with van der Waals surface area (Å²) in [6.07, 6.45) is 5.21. The lowest BCUT2D eigenvalue weighted by molar-refractivity contribution is -0.138. The number of hydrogen-bond acceptors (Lipinski definition) is 2. The molecule has 1 amide bonds. The van der Waals surface area contributed by atoms with Gasteiger partial charge in [-0.1, -0.05) is 26.2 Å².